The minimum absolute atomic E-state index is 0.0369. The number of hydrogen-bond donors (Lipinski definition) is 1. The molecule has 2 rings (SSSR count). The third kappa shape index (κ3) is 3.02. The number of halogens is 2. The molecule has 1 aromatic carbocycles. The number of carboxylic acid groups (broad SMARTS) is 1. The van der Waals surface area contributed by atoms with Gasteiger partial charge in [0, 0.05) is 10.7 Å². The fourth-order valence-electron chi connectivity index (χ4n) is 1.52. The first-order valence-corrected chi connectivity index (χ1v) is 6.59. The molecule has 0 unspecified atom stereocenters. The van der Waals surface area contributed by atoms with Crippen molar-refractivity contribution in [3.63, 3.8) is 0 Å². The van der Waals surface area contributed by atoms with Crippen LogP contribution in [0.15, 0.2) is 34.9 Å². The molecule has 1 heterocycles. The Morgan fingerprint density at radius 3 is 2.80 bits per heavy atom. The van der Waals surface area contributed by atoms with Gasteiger partial charge in [-0.15, -0.1) is 0 Å². The van der Waals surface area contributed by atoms with Crippen molar-refractivity contribution in [3.8, 4) is 17.4 Å². The van der Waals surface area contributed by atoms with Gasteiger partial charge in [0.15, 0.2) is 11.5 Å². The second-order valence-corrected chi connectivity index (χ2v) is 5.01. The SMILES string of the molecule is COc1cccc(C(=O)O)c1Oc1ncc(Br)cc1Cl. The fourth-order valence-corrected chi connectivity index (χ4v) is 2.19. The van der Waals surface area contributed by atoms with Gasteiger partial charge >= 0.3 is 5.97 Å². The van der Waals surface area contributed by atoms with E-state index in [0.717, 1.165) is 0 Å². The number of rotatable bonds is 4. The summed E-state index contributed by atoms with van der Waals surface area (Å²) in [7, 11) is 1.42. The van der Waals surface area contributed by atoms with Crippen LogP contribution >= 0.6 is 27.5 Å². The molecule has 0 saturated carbocycles. The number of ether oxygens (including phenoxy) is 2. The fraction of sp³-hybridized carbons (Fsp3) is 0.0769. The minimum Gasteiger partial charge on any atom is -0.493 e. The number of para-hydroxylation sites is 1. The van der Waals surface area contributed by atoms with E-state index < -0.39 is 5.97 Å². The highest BCUT2D eigenvalue weighted by atomic mass is 79.9. The first kappa shape index (κ1) is 14.6. The average molecular weight is 359 g/mol. The lowest BCUT2D eigenvalue weighted by Gasteiger charge is -2.12. The quantitative estimate of drug-likeness (QED) is 0.895. The summed E-state index contributed by atoms with van der Waals surface area (Å²) in [5, 5.41) is 9.43. The summed E-state index contributed by atoms with van der Waals surface area (Å²) in [6, 6.07) is 6.16. The van der Waals surface area contributed by atoms with E-state index in [2.05, 4.69) is 20.9 Å². The van der Waals surface area contributed by atoms with Gasteiger partial charge in [-0.25, -0.2) is 9.78 Å². The number of nitrogens with zero attached hydrogens (tertiary/aromatic N) is 1. The summed E-state index contributed by atoms with van der Waals surface area (Å²) in [5.41, 5.74) is -0.0369. The van der Waals surface area contributed by atoms with E-state index in [0.29, 0.717) is 4.47 Å². The highest BCUT2D eigenvalue weighted by Crippen LogP contribution is 2.37. The van der Waals surface area contributed by atoms with Crippen LogP contribution in [0.4, 0.5) is 0 Å². The first-order chi connectivity index (χ1) is 9.52. The second-order valence-electron chi connectivity index (χ2n) is 3.68. The molecule has 0 aliphatic carbocycles. The molecule has 104 valence electrons. The third-order valence-electron chi connectivity index (χ3n) is 2.40. The van der Waals surface area contributed by atoms with E-state index in [1.807, 2.05) is 0 Å². The number of benzene rings is 1. The first-order valence-electron chi connectivity index (χ1n) is 5.42. The molecule has 0 atom stereocenters. The van der Waals surface area contributed by atoms with Gasteiger partial charge in [0.25, 0.3) is 0 Å². The molecule has 0 radical (unpaired) electrons. The van der Waals surface area contributed by atoms with Gasteiger partial charge in [-0.1, -0.05) is 17.7 Å². The maximum absolute atomic E-state index is 11.2. The molecule has 0 aliphatic heterocycles. The molecular weight excluding hydrogens is 350 g/mol. The van der Waals surface area contributed by atoms with Gasteiger partial charge < -0.3 is 14.6 Å². The molecule has 1 N–H and O–H groups in total. The number of hydrogen-bond acceptors (Lipinski definition) is 4. The number of pyridine rings is 1. The molecule has 0 saturated heterocycles. The molecule has 0 fully saturated rings. The van der Waals surface area contributed by atoms with Crippen LogP contribution in [-0.2, 0) is 0 Å². The maximum Gasteiger partial charge on any atom is 0.339 e. The van der Waals surface area contributed by atoms with E-state index in [1.165, 1.54) is 19.4 Å². The Labute approximate surface area is 128 Å². The van der Waals surface area contributed by atoms with Crippen LogP contribution in [0.5, 0.6) is 17.4 Å². The van der Waals surface area contributed by atoms with Crippen molar-refractivity contribution < 1.29 is 19.4 Å². The lowest BCUT2D eigenvalue weighted by Crippen LogP contribution is -2.02. The zero-order chi connectivity index (χ0) is 14.7. The number of aromatic carboxylic acids is 1. The van der Waals surface area contributed by atoms with Gasteiger partial charge in [0.1, 0.15) is 10.6 Å². The molecule has 1 aromatic heterocycles. The van der Waals surface area contributed by atoms with Crippen molar-refractivity contribution in [1.29, 1.82) is 0 Å². The van der Waals surface area contributed by atoms with Crippen molar-refractivity contribution in [1.82, 2.24) is 4.98 Å². The van der Waals surface area contributed by atoms with E-state index in [1.54, 1.807) is 18.2 Å². The van der Waals surface area contributed by atoms with Gasteiger partial charge in [-0.05, 0) is 34.1 Å². The summed E-state index contributed by atoms with van der Waals surface area (Å²) in [4.78, 5) is 15.2. The zero-order valence-electron chi connectivity index (χ0n) is 10.3. The maximum atomic E-state index is 11.2. The van der Waals surface area contributed by atoms with E-state index in [4.69, 9.17) is 21.1 Å². The smallest absolute Gasteiger partial charge is 0.339 e. The standard InChI is InChI=1S/C13H9BrClNO4/c1-19-10-4-2-3-8(13(17)18)11(10)20-12-9(15)5-7(14)6-16-12/h2-6H,1H3,(H,17,18). The molecule has 2 aromatic rings. The number of methoxy groups -OCH3 is 1. The van der Waals surface area contributed by atoms with Gasteiger partial charge in [0.05, 0.1) is 7.11 Å². The Balaban J connectivity index is 2.49. The minimum atomic E-state index is -1.13. The van der Waals surface area contributed by atoms with Crippen molar-refractivity contribution in [3.05, 3.63) is 45.5 Å². The lowest BCUT2D eigenvalue weighted by molar-refractivity contribution is 0.0693. The largest absolute Gasteiger partial charge is 0.493 e. The summed E-state index contributed by atoms with van der Waals surface area (Å²) in [5.74, 6) is -0.695. The molecule has 5 nitrogen and oxygen atoms in total. The highest BCUT2D eigenvalue weighted by Gasteiger charge is 2.18. The highest BCUT2D eigenvalue weighted by molar-refractivity contribution is 9.10. The molecule has 7 heteroatoms. The Kier molecular flexibility index (Phi) is 4.46. The molecular formula is C13H9BrClNO4. The average Bonchev–Trinajstić information content (AvgIpc) is 2.41. The van der Waals surface area contributed by atoms with Crippen LogP contribution in [0.1, 0.15) is 10.4 Å². The molecule has 0 spiro atoms. The zero-order valence-corrected chi connectivity index (χ0v) is 12.6. The third-order valence-corrected chi connectivity index (χ3v) is 3.11. The van der Waals surface area contributed by atoms with Gasteiger partial charge in [-0.3, -0.25) is 0 Å². The Morgan fingerprint density at radius 1 is 1.45 bits per heavy atom. The van der Waals surface area contributed by atoms with E-state index >= 15 is 0 Å². The summed E-state index contributed by atoms with van der Waals surface area (Å²) in [6.07, 6.45) is 1.50. The Morgan fingerprint density at radius 2 is 2.20 bits per heavy atom. The predicted octanol–water partition coefficient (Wildman–Crippen LogP) is 4.00. The predicted molar refractivity (Wildman–Crippen MR) is 77.0 cm³/mol. The van der Waals surface area contributed by atoms with Crippen molar-refractivity contribution in [2.45, 2.75) is 0 Å². The van der Waals surface area contributed by atoms with Crippen molar-refractivity contribution in [2.24, 2.45) is 0 Å². The van der Waals surface area contributed by atoms with Crippen LogP contribution in [0.2, 0.25) is 5.02 Å². The van der Waals surface area contributed by atoms with Crippen LogP contribution in [0, 0.1) is 0 Å². The topological polar surface area (TPSA) is 68.7 Å². The summed E-state index contributed by atoms with van der Waals surface area (Å²) in [6.45, 7) is 0. The number of aromatic nitrogens is 1. The van der Waals surface area contributed by atoms with Crippen LogP contribution in [0.25, 0.3) is 0 Å². The number of carboxylic acids is 1. The summed E-state index contributed by atoms with van der Waals surface area (Å²) >= 11 is 9.23. The lowest BCUT2D eigenvalue weighted by atomic mass is 10.2. The van der Waals surface area contributed by atoms with Crippen molar-refractivity contribution >= 4 is 33.5 Å². The monoisotopic (exact) mass is 357 g/mol. The molecule has 0 bridgehead atoms. The normalized spacial score (nSPS) is 10.2. The van der Waals surface area contributed by atoms with Crippen LogP contribution in [0.3, 0.4) is 0 Å². The van der Waals surface area contributed by atoms with E-state index in [9.17, 15) is 9.90 Å². The molecule has 0 aliphatic rings. The van der Waals surface area contributed by atoms with Gasteiger partial charge in [0.2, 0.25) is 5.88 Å². The van der Waals surface area contributed by atoms with Crippen molar-refractivity contribution in [2.75, 3.05) is 7.11 Å². The second kappa shape index (κ2) is 6.11. The van der Waals surface area contributed by atoms with Crippen LogP contribution in [-0.4, -0.2) is 23.2 Å². The number of carbonyl (C=O) groups is 1. The summed E-state index contributed by atoms with van der Waals surface area (Å²) < 4.78 is 11.3. The van der Waals surface area contributed by atoms with E-state index in [-0.39, 0.29) is 28.0 Å². The Hall–Kier alpha value is -1.79. The van der Waals surface area contributed by atoms with Crippen LogP contribution < -0.4 is 9.47 Å². The molecule has 20 heavy (non-hydrogen) atoms. The van der Waals surface area contributed by atoms with Gasteiger partial charge in [-0.2, -0.15) is 0 Å². The Bertz CT molecular complexity index is 663. The molecule has 0 amide bonds.